The Hall–Kier alpha value is -5.94. The Kier molecular flexibility index (Phi) is 11.8. The van der Waals surface area contributed by atoms with Gasteiger partial charge >= 0.3 is 24.3 Å². The van der Waals surface area contributed by atoms with Gasteiger partial charge in [0.25, 0.3) is 0 Å². The molecule has 6 rings (SSSR count). The van der Waals surface area contributed by atoms with Crippen LogP contribution in [0.5, 0.6) is 23.0 Å². The molecule has 18 heteroatoms. The highest BCUT2D eigenvalue weighted by Crippen LogP contribution is 2.43. The molecule has 4 heterocycles. The topological polar surface area (TPSA) is 156 Å². The molecular formula is C38H36F6N2O10. The van der Waals surface area contributed by atoms with Crippen LogP contribution in [0.4, 0.5) is 26.3 Å². The SMILES string of the molecule is CC[C@@H]1Cc2cc(OCC(F)(F)F)c(OC)cc2-c2cc(=O)c(C(=O)O)cn21.CC[C@H]1Cc2cc(OCC(F)(F)F)c(OC)cc2-c2cc(=O)c(C(=O)O)cn21. The van der Waals surface area contributed by atoms with Gasteiger partial charge in [-0.2, -0.15) is 26.3 Å². The number of hydrogen-bond donors (Lipinski definition) is 2. The van der Waals surface area contributed by atoms with Gasteiger partial charge in [0.05, 0.1) is 25.6 Å². The van der Waals surface area contributed by atoms with Gasteiger partial charge < -0.3 is 38.3 Å². The van der Waals surface area contributed by atoms with Crippen molar-refractivity contribution >= 4 is 11.9 Å². The Balaban J connectivity index is 0.000000214. The Labute approximate surface area is 314 Å². The van der Waals surface area contributed by atoms with E-state index in [-0.39, 0.29) is 46.2 Å². The van der Waals surface area contributed by atoms with Crippen molar-refractivity contribution in [2.45, 2.75) is 64.0 Å². The first-order chi connectivity index (χ1) is 26.3. The molecule has 0 saturated carbocycles. The number of nitrogens with zero attached hydrogens (tertiary/aromatic N) is 2. The predicted octanol–water partition coefficient (Wildman–Crippen LogP) is 7.34. The van der Waals surface area contributed by atoms with E-state index in [0.29, 0.717) is 59.3 Å². The molecule has 0 fully saturated rings. The lowest BCUT2D eigenvalue weighted by Crippen LogP contribution is -2.25. The zero-order chi connectivity index (χ0) is 41.3. The Morgan fingerprint density at radius 2 is 1.00 bits per heavy atom. The Bertz CT molecular complexity index is 2120. The molecule has 0 aliphatic carbocycles. The van der Waals surface area contributed by atoms with Crippen molar-refractivity contribution in [1.82, 2.24) is 9.13 Å². The maximum atomic E-state index is 12.5. The van der Waals surface area contributed by atoms with Crippen LogP contribution in [0.1, 0.15) is 70.6 Å². The van der Waals surface area contributed by atoms with Crippen molar-refractivity contribution in [1.29, 1.82) is 0 Å². The molecule has 0 unspecified atom stereocenters. The summed E-state index contributed by atoms with van der Waals surface area (Å²) in [5.41, 5.74) is 1.62. The number of aromatic nitrogens is 2. The van der Waals surface area contributed by atoms with Crippen LogP contribution in [-0.2, 0) is 12.8 Å². The molecule has 2 N–H and O–H groups in total. The van der Waals surface area contributed by atoms with E-state index in [0.717, 1.165) is 0 Å². The van der Waals surface area contributed by atoms with E-state index in [2.05, 4.69) is 0 Å². The molecule has 0 radical (unpaired) electrons. The van der Waals surface area contributed by atoms with Gasteiger partial charge in [0, 0.05) is 47.7 Å². The van der Waals surface area contributed by atoms with E-state index in [1.54, 1.807) is 9.13 Å². The summed E-state index contributed by atoms with van der Waals surface area (Å²) in [5.74, 6) is -2.50. The molecule has 2 aliphatic heterocycles. The van der Waals surface area contributed by atoms with Crippen LogP contribution in [0.25, 0.3) is 22.5 Å². The van der Waals surface area contributed by atoms with Gasteiger partial charge in [-0.25, -0.2) is 9.59 Å². The minimum atomic E-state index is -4.49. The number of pyridine rings is 2. The molecule has 4 aromatic rings. The minimum absolute atomic E-state index is 0.0358. The lowest BCUT2D eigenvalue weighted by atomic mass is 9.90. The number of methoxy groups -OCH3 is 2. The number of fused-ring (bicyclic) bond motifs is 6. The van der Waals surface area contributed by atoms with Crippen molar-refractivity contribution in [3.05, 3.63) is 91.5 Å². The monoisotopic (exact) mass is 794 g/mol. The average molecular weight is 795 g/mol. The van der Waals surface area contributed by atoms with Gasteiger partial charge in [0.1, 0.15) is 11.1 Å². The fraction of sp³-hybridized carbons (Fsp3) is 0.368. The molecule has 56 heavy (non-hydrogen) atoms. The van der Waals surface area contributed by atoms with Crippen LogP contribution in [0, 0.1) is 0 Å². The largest absolute Gasteiger partial charge is 0.493 e. The third kappa shape index (κ3) is 8.79. The summed E-state index contributed by atoms with van der Waals surface area (Å²) in [4.78, 5) is 47.0. The Morgan fingerprint density at radius 3 is 1.29 bits per heavy atom. The summed E-state index contributed by atoms with van der Waals surface area (Å²) in [6.07, 6.45) is -4.16. The standard InChI is InChI=1S/2C19H18F3NO5/c2*1-3-11-4-10-5-17(28-9-19(20,21)22)16(27-2)6-12(10)14-7-15(24)13(18(25)26)8-23(11)14/h2*5-8,11H,3-4,9H2,1-2H3,(H,25,26)/t2*11-/m10/s1. The van der Waals surface area contributed by atoms with Gasteiger partial charge in [0.2, 0.25) is 0 Å². The highest BCUT2D eigenvalue weighted by molar-refractivity contribution is 5.88. The lowest BCUT2D eigenvalue weighted by molar-refractivity contribution is -0.154. The minimum Gasteiger partial charge on any atom is -0.493 e. The number of halogens is 6. The number of benzene rings is 2. The van der Waals surface area contributed by atoms with Crippen molar-refractivity contribution in [2.24, 2.45) is 0 Å². The zero-order valence-corrected chi connectivity index (χ0v) is 30.3. The van der Waals surface area contributed by atoms with E-state index >= 15 is 0 Å². The highest BCUT2D eigenvalue weighted by Gasteiger charge is 2.33. The molecule has 2 aliphatic rings. The molecule has 0 bridgehead atoms. The number of carboxylic acids is 2. The van der Waals surface area contributed by atoms with Gasteiger partial charge in [-0.15, -0.1) is 0 Å². The predicted molar refractivity (Wildman–Crippen MR) is 188 cm³/mol. The summed E-state index contributed by atoms with van der Waals surface area (Å²) in [6, 6.07) is 8.18. The second-order valence-electron chi connectivity index (χ2n) is 13.0. The van der Waals surface area contributed by atoms with Gasteiger partial charge in [0.15, 0.2) is 47.1 Å². The molecule has 0 saturated heterocycles. The second-order valence-corrected chi connectivity index (χ2v) is 13.0. The first kappa shape index (κ1) is 41.2. The van der Waals surface area contributed by atoms with Crippen molar-refractivity contribution < 1.29 is 65.1 Å². The van der Waals surface area contributed by atoms with E-state index in [4.69, 9.17) is 18.9 Å². The quantitative estimate of drug-likeness (QED) is 0.156. The maximum Gasteiger partial charge on any atom is 0.422 e. The number of ether oxygens (including phenoxy) is 4. The molecule has 2 aromatic heterocycles. The lowest BCUT2D eigenvalue weighted by Gasteiger charge is -2.31. The number of alkyl halides is 6. The number of aromatic carboxylic acids is 2. The van der Waals surface area contributed by atoms with E-state index in [1.165, 1.54) is 63.0 Å². The number of carboxylic acid groups (broad SMARTS) is 2. The molecule has 2 aromatic carbocycles. The first-order valence-corrected chi connectivity index (χ1v) is 17.1. The number of carbonyl (C=O) groups is 2. The molecule has 12 nitrogen and oxygen atoms in total. The fourth-order valence-electron chi connectivity index (χ4n) is 6.73. The molecule has 300 valence electrons. The van der Waals surface area contributed by atoms with Crippen LogP contribution in [0.2, 0.25) is 0 Å². The maximum absolute atomic E-state index is 12.5. The van der Waals surface area contributed by atoms with Crippen LogP contribution in [0.3, 0.4) is 0 Å². The average Bonchev–Trinajstić information content (AvgIpc) is 3.13. The zero-order valence-electron chi connectivity index (χ0n) is 30.3. The van der Waals surface area contributed by atoms with Gasteiger partial charge in [-0.05, 0) is 61.1 Å². The summed E-state index contributed by atoms with van der Waals surface area (Å²) < 4.78 is 98.7. The van der Waals surface area contributed by atoms with Crippen LogP contribution < -0.4 is 29.8 Å². The van der Waals surface area contributed by atoms with Crippen LogP contribution in [-0.4, -0.2) is 71.1 Å². The molecule has 2 atom stereocenters. The van der Waals surface area contributed by atoms with Gasteiger partial charge in [-0.3, -0.25) is 9.59 Å². The third-order valence-corrected chi connectivity index (χ3v) is 9.37. The normalized spacial score (nSPS) is 15.5. The Morgan fingerprint density at radius 1 is 0.643 bits per heavy atom. The summed E-state index contributed by atoms with van der Waals surface area (Å²) in [7, 11) is 2.61. The van der Waals surface area contributed by atoms with Crippen molar-refractivity contribution in [2.75, 3.05) is 27.4 Å². The van der Waals surface area contributed by atoms with E-state index in [1.807, 2.05) is 13.8 Å². The number of hydrogen-bond acceptors (Lipinski definition) is 8. The van der Waals surface area contributed by atoms with Crippen molar-refractivity contribution in [3.63, 3.8) is 0 Å². The van der Waals surface area contributed by atoms with Crippen LogP contribution in [0.15, 0.2) is 58.4 Å². The van der Waals surface area contributed by atoms with Crippen LogP contribution >= 0.6 is 0 Å². The van der Waals surface area contributed by atoms with E-state index in [9.17, 15) is 55.7 Å². The summed E-state index contributed by atoms with van der Waals surface area (Å²) >= 11 is 0. The van der Waals surface area contributed by atoms with E-state index < -0.39 is 48.4 Å². The first-order valence-electron chi connectivity index (χ1n) is 17.1. The number of rotatable bonds is 10. The molecule has 0 spiro atoms. The highest BCUT2D eigenvalue weighted by atomic mass is 19.4. The second kappa shape index (κ2) is 16.0. The summed E-state index contributed by atoms with van der Waals surface area (Å²) in [6.45, 7) is 0.917. The van der Waals surface area contributed by atoms with Crippen molar-refractivity contribution in [3.8, 4) is 45.5 Å². The molecular weight excluding hydrogens is 758 g/mol. The third-order valence-electron chi connectivity index (χ3n) is 9.37. The summed E-state index contributed by atoms with van der Waals surface area (Å²) in [5, 5.41) is 18.4. The van der Waals surface area contributed by atoms with Gasteiger partial charge in [-0.1, -0.05) is 13.8 Å². The fourth-order valence-corrected chi connectivity index (χ4v) is 6.73. The smallest absolute Gasteiger partial charge is 0.422 e. The molecule has 0 amide bonds.